The number of amides is 1. The predicted molar refractivity (Wildman–Crippen MR) is 152 cm³/mol. The number of rotatable bonds is 13. The highest BCUT2D eigenvalue weighted by Gasteiger charge is 2.17. The number of unbranched alkanes of at least 4 members (excludes halogenated alkanes) is 2. The summed E-state index contributed by atoms with van der Waals surface area (Å²) in [4.78, 5) is 47.5. The number of carbonyl (C=O) groups is 2. The first-order chi connectivity index (χ1) is 17.9. The van der Waals surface area contributed by atoms with Gasteiger partial charge >= 0.3 is 0 Å². The molecule has 1 aromatic heterocycles. The van der Waals surface area contributed by atoms with Crippen LogP contribution in [0.3, 0.4) is 0 Å². The lowest BCUT2D eigenvalue weighted by Crippen LogP contribution is -2.30. The molecule has 3 aromatic rings. The lowest BCUT2D eigenvalue weighted by molar-refractivity contribution is -0.107. The van der Waals surface area contributed by atoms with Crippen LogP contribution in [0.2, 0.25) is 0 Å². The highest BCUT2D eigenvalue weighted by Crippen LogP contribution is 2.32. The Bertz CT molecular complexity index is 1320. The molecule has 196 valence electrons. The van der Waals surface area contributed by atoms with E-state index in [0.29, 0.717) is 29.4 Å². The van der Waals surface area contributed by atoms with Crippen LogP contribution in [0.15, 0.2) is 62.8 Å². The summed E-state index contributed by atoms with van der Waals surface area (Å²) in [7, 11) is 1.75. The first-order valence-corrected chi connectivity index (χ1v) is 13.9. The molecule has 0 atom stereocenters. The molecule has 0 saturated heterocycles. The zero-order valence-corrected chi connectivity index (χ0v) is 23.1. The summed E-state index contributed by atoms with van der Waals surface area (Å²) in [5, 5.41) is 2.44. The molecule has 7 heteroatoms. The van der Waals surface area contributed by atoms with Crippen LogP contribution >= 0.6 is 11.8 Å². The Kier molecular flexibility index (Phi) is 10.7. The molecule has 1 amide bonds. The van der Waals surface area contributed by atoms with Gasteiger partial charge in [0.15, 0.2) is 0 Å². The number of likely N-dealkylation sites (N-methyl/N-ethyl adjacent to an activating group) is 1. The second-order valence-electron chi connectivity index (χ2n) is 9.31. The lowest BCUT2D eigenvalue weighted by atomic mass is 9.97. The summed E-state index contributed by atoms with van der Waals surface area (Å²) in [6, 6.07) is 12.9. The van der Waals surface area contributed by atoms with Gasteiger partial charge in [-0.15, -0.1) is 0 Å². The fourth-order valence-corrected chi connectivity index (χ4v) is 5.44. The number of aldehydes is 1. The van der Waals surface area contributed by atoms with Gasteiger partial charge in [0.05, 0.1) is 0 Å². The Morgan fingerprint density at radius 3 is 2.59 bits per heavy atom. The number of aromatic nitrogens is 2. The average Bonchev–Trinajstić information content (AvgIpc) is 2.90. The molecule has 6 nitrogen and oxygen atoms in total. The number of benzene rings is 2. The largest absolute Gasteiger partial charge is 0.341 e. The number of nitrogens with one attached hydrogen (secondary N) is 1. The Morgan fingerprint density at radius 2 is 1.89 bits per heavy atom. The number of nitrogens with zero attached hydrogens (tertiary/aromatic N) is 2. The molecular formula is C30H37N3O3S. The number of hydrogen-bond donors (Lipinski definition) is 1. The van der Waals surface area contributed by atoms with Crippen LogP contribution in [-0.2, 0) is 17.6 Å². The van der Waals surface area contributed by atoms with E-state index in [4.69, 9.17) is 4.98 Å². The first-order valence-electron chi connectivity index (χ1n) is 13.0. The van der Waals surface area contributed by atoms with Gasteiger partial charge < -0.3 is 14.7 Å². The van der Waals surface area contributed by atoms with Gasteiger partial charge in [-0.05, 0) is 53.5 Å². The zero-order valence-electron chi connectivity index (χ0n) is 22.3. The van der Waals surface area contributed by atoms with Crippen molar-refractivity contribution in [3.63, 3.8) is 0 Å². The quantitative estimate of drug-likeness (QED) is 0.123. The minimum Gasteiger partial charge on any atom is -0.341 e. The Labute approximate surface area is 223 Å². The van der Waals surface area contributed by atoms with Crippen LogP contribution in [-0.4, -0.2) is 40.7 Å². The maximum atomic E-state index is 13.4. The van der Waals surface area contributed by atoms with Crippen LogP contribution in [0, 0.1) is 0 Å². The van der Waals surface area contributed by atoms with Gasteiger partial charge in [0.2, 0.25) is 0 Å². The lowest BCUT2D eigenvalue weighted by Gasteiger charge is -2.19. The number of thioether (sulfide) groups is 1. The Morgan fingerprint density at radius 1 is 1.14 bits per heavy atom. The second kappa shape index (κ2) is 13.9. The van der Waals surface area contributed by atoms with Crippen molar-refractivity contribution in [1.29, 1.82) is 0 Å². The number of hydrogen-bond acceptors (Lipinski definition) is 5. The summed E-state index contributed by atoms with van der Waals surface area (Å²) < 4.78 is 0. The van der Waals surface area contributed by atoms with E-state index in [2.05, 4.69) is 25.8 Å². The third-order valence-corrected chi connectivity index (χ3v) is 7.78. The number of fused-ring (bicyclic) bond motifs is 1. The molecule has 1 heterocycles. The molecule has 0 unspecified atom stereocenters. The molecule has 0 aliphatic heterocycles. The highest BCUT2D eigenvalue weighted by molar-refractivity contribution is 8.03. The molecule has 37 heavy (non-hydrogen) atoms. The molecule has 0 aliphatic carbocycles. The van der Waals surface area contributed by atoms with Gasteiger partial charge in [0, 0.05) is 38.1 Å². The highest BCUT2D eigenvalue weighted by atomic mass is 32.2. The van der Waals surface area contributed by atoms with Crippen molar-refractivity contribution in [2.24, 2.45) is 0 Å². The number of aromatic amines is 1. The van der Waals surface area contributed by atoms with Gasteiger partial charge in [-0.1, -0.05) is 74.4 Å². The third-order valence-electron chi connectivity index (χ3n) is 6.56. The SMILES string of the molecule is CCCCC/C(Sc1cc(=O)[nH]c(CCN(C)C(=O)c2cccc3cccc(CC=O)c23)n1)=C(/C)CC. The number of allylic oxidation sites excluding steroid dienone is 2. The first kappa shape index (κ1) is 28.4. The van der Waals surface area contributed by atoms with Crippen molar-refractivity contribution in [1.82, 2.24) is 14.9 Å². The average molecular weight is 520 g/mol. The monoisotopic (exact) mass is 519 g/mol. The molecule has 3 rings (SSSR count). The van der Waals surface area contributed by atoms with Crippen molar-refractivity contribution in [2.45, 2.75) is 70.7 Å². The van der Waals surface area contributed by atoms with E-state index in [9.17, 15) is 14.4 Å². The fourth-order valence-electron chi connectivity index (χ4n) is 4.30. The Hall–Kier alpha value is -3.19. The summed E-state index contributed by atoms with van der Waals surface area (Å²) in [6.07, 6.45) is 6.99. The smallest absolute Gasteiger partial charge is 0.254 e. The molecule has 0 radical (unpaired) electrons. The number of H-pyrrole nitrogens is 1. The van der Waals surface area contributed by atoms with Crippen molar-refractivity contribution in [3.05, 3.63) is 80.2 Å². The van der Waals surface area contributed by atoms with Crippen LogP contribution in [0.4, 0.5) is 0 Å². The standard InChI is InChI=1S/C30H37N3O3S/c1-5-7-8-15-25(21(3)6-2)37-28-20-27(35)31-26(32-28)16-18-33(4)30(36)24-14-10-13-22-11-9-12-23(17-19-34)29(22)24/h9-14,19-20H,5-8,15-18H2,1-4H3,(H,31,32,35)/b25-21+. The minimum absolute atomic E-state index is 0.128. The molecule has 0 saturated carbocycles. The van der Waals surface area contributed by atoms with Gasteiger partial charge in [0.1, 0.15) is 17.1 Å². The van der Waals surface area contributed by atoms with E-state index in [-0.39, 0.29) is 17.9 Å². The van der Waals surface area contributed by atoms with E-state index in [1.54, 1.807) is 35.8 Å². The van der Waals surface area contributed by atoms with Gasteiger partial charge in [-0.2, -0.15) is 0 Å². The second-order valence-corrected chi connectivity index (χ2v) is 10.4. The minimum atomic E-state index is -0.184. The summed E-state index contributed by atoms with van der Waals surface area (Å²) >= 11 is 1.58. The fraction of sp³-hybridized carbons (Fsp3) is 0.400. The van der Waals surface area contributed by atoms with Gasteiger partial charge in [-0.3, -0.25) is 9.59 Å². The molecular weight excluding hydrogens is 482 g/mol. The summed E-state index contributed by atoms with van der Waals surface area (Å²) in [5.74, 6) is 0.438. The van der Waals surface area contributed by atoms with Crippen molar-refractivity contribution < 1.29 is 9.59 Å². The molecule has 0 bridgehead atoms. The van der Waals surface area contributed by atoms with Crippen LogP contribution in [0.25, 0.3) is 10.8 Å². The molecule has 1 N–H and O–H groups in total. The third kappa shape index (κ3) is 7.65. The van der Waals surface area contributed by atoms with E-state index < -0.39 is 0 Å². The maximum Gasteiger partial charge on any atom is 0.254 e. The van der Waals surface area contributed by atoms with Crippen LogP contribution in [0.5, 0.6) is 0 Å². The zero-order chi connectivity index (χ0) is 26.8. The van der Waals surface area contributed by atoms with E-state index in [1.165, 1.54) is 23.3 Å². The normalized spacial score (nSPS) is 11.9. The predicted octanol–water partition coefficient (Wildman–Crippen LogP) is 6.34. The van der Waals surface area contributed by atoms with Crippen molar-refractivity contribution in [2.75, 3.05) is 13.6 Å². The molecule has 2 aromatic carbocycles. The summed E-state index contributed by atoms with van der Waals surface area (Å²) in [6.45, 7) is 6.89. The molecule has 0 spiro atoms. The van der Waals surface area contributed by atoms with Crippen LogP contribution < -0.4 is 5.56 Å². The molecule has 0 aliphatic rings. The van der Waals surface area contributed by atoms with E-state index >= 15 is 0 Å². The van der Waals surface area contributed by atoms with Gasteiger partial charge in [0.25, 0.3) is 11.5 Å². The van der Waals surface area contributed by atoms with E-state index in [0.717, 1.165) is 41.9 Å². The Balaban J connectivity index is 1.76. The topological polar surface area (TPSA) is 83.1 Å². The van der Waals surface area contributed by atoms with Crippen LogP contribution in [0.1, 0.15) is 74.6 Å². The summed E-state index contributed by atoms with van der Waals surface area (Å²) in [5.41, 5.74) is 2.56. The number of carbonyl (C=O) groups excluding carboxylic acids is 2. The van der Waals surface area contributed by atoms with Crippen molar-refractivity contribution in [3.8, 4) is 0 Å². The van der Waals surface area contributed by atoms with Gasteiger partial charge in [-0.25, -0.2) is 4.98 Å². The van der Waals surface area contributed by atoms with E-state index in [1.807, 2.05) is 30.3 Å². The van der Waals surface area contributed by atoms with Crippen molar-refractivity contribution >= 4 is 34.7 Å². The maximum absolute atomic E-state index is 13.4. The molecule has 0 fully saturated rings.